The van der Waals surface area contributed by atoms with Crippen molar-refractivity contribution in [2.45, 2.75) is 13.5 Å². The number of nitrogens with one attached hydrogen (secondary N) is 1. The van der Waals surface area contributed by atoms with Crippen LogP contribution < -0.4 is 5.32 Å². The van der Waals surface area contributed by atoms with Crippen LogP contribution in [0.15, 0.2) is 60.8 Å². The molecule has 0 atom stereocenters. The average Bonchev–Trinajstić information content (AvgIpc) is 2.60. The summed E-state index contributed by atoms with van der Waals surface area (Å²) < 4.78 is 4.98. The summed E-state index contributed by atoms with van der Waals surface area (Å²) in [4.78, 5) is 16.1. The van der Waals surface area contributed by atoms with Crippen molar-refractivity contribution in [3.63, 3.8) is 0 Å². The number of hydrogen-bond donors (Lipinski definition) is 1. The van der Waals surface area contributed by atoms with E-state index in [0.29, 0.717) is 18.7 Å². The highest BCUT2D eigenvalue weighted by Crippen LogP contribution is 2.18. The van der Waals surface area contributed by atoms with Crippen LogP contribution in [0.5, 0.6) is 0 Å². The van der Waals surface area contributed by atoms with Gasteiger partial charge >= 0.3 is 5.97 Å². The van der Waals surface area contributed by atoms with Gasteiger partial charge in [-0.15, -0.1) is 0 Å². The zero-order chi connectivity index (χ0) is 16.1. The zero-order valence-electron chi connectivity index (χ0n) is 13.0. The van der Waals surface area contributed by atoms with Gasteiger partial charge in [-0.05, 0) is 42.6 Å². The van der Waals surface area contributed by atoms with Crippen LogP contribution in [0.25, 0.3) is 10.8 Å². The minimum atomic E-state index is -0.297. The Hall–Kier alpha value is -2.88. The Morgan fingerprint density at radius 2 is 1.87 bits per heavy atom. The number of pyridine rings is 1. The van der Waals surface area contributed by atoms with Crippen LogP contribution in [-0.2, 0) is 11.3 Å². The van der Waals surface area contributed by atoms with Gasteiger partial charge in [-0.1, -0.05) is 24.3 Å². The molecule has 4 heteroatoms. The second-order valence-corrected chi connectivity index (χ2v) is 5.13. The molecule has 0 saturated carbocycles. The Labute approximate surface area is 135 Å². The fourth-order valence-electron chi connectivity index (χ4n) is 2.45. The Morgan fingerprint density at radius 1 is 1.09 bits per heavy atom. The molecule has 3 rings (SSSR count). The summed E-state index contributed by atoms with van der Waals surface area (Å²) >= 11 is 0. The number of anilines is 1. The number of benzene rings is 2. The van der Waals surface area contributed by atoms with Crippen molar-refractivity contribution >= 4 is 22.4 Å². The van der Waals surface area contributed by atoms with E-state index in [1.807, 2.05) is 36.5 Å². The predicted octanol–water partition coefficient (Wildman–Crippen LogP) is 4.02. The van der Waals surface area contributed by atoms with E-state index in [4.69, 9.17) is 4.74 Å². The van der Waals surface area contributed by atoms with E-state index in [9.17, 15) is 4.79 Å². The molecule has 0 aliphatic heterocycles. The third-order valence-electron chi connectivity index (χ3n) is 3.61. The van der Waals surface area contributed by atoms with Gasteiger partial charge in [-0.3, -0.25) is 4.98 Å². The lowest BCUT2D eigenvalue weighted by Crippen LogP contribution is -2.05. The first-order chi connectivity index (χ1) is 11.3. The van der Waals surface area contributed by atoms with Gasteiger partial charge in [0.25, 0.3) is 0 Å². The maximum atomic E-state index is 11.6. The number of carbonyl (C=O) groups is 1. The van der Waals surface area contributed by atoms with Crippen LogP contribution in [0.1, 0.15) is 23.0 Å². The molecule has 0 spiro atoms. The summed E-state index contributed by atoms with van der Waals surface area (Å²) in [5.74, 6) is -0.297. The third-order valence-corrected chi connectivity index (χ3v) is 3.61. The van der Waals surface area contributed by atoms with Gasteiger partial charge in [0.05, 0.1) is 24.4 Å². The lowest BCUT2D eigenvalue weighted by molar-refractivity contribution is 0.0526. The van der Waals surface area contributed by atoms with Gasteiger partial charge in [0.2, 0.25) is 0 Å². The van der Waals surface area contributed by atoms with Crippen LogP contribution in [0.4, 0.5) is 5.69 Å². The summed E-state index contributed by atoms with van der Waals surface area (Å²) in [6.07, 6.45) is 1.82. The van der Waals surface area contributed by atoms with E-state index in [1.54, 1.807) is 19.1 Å². The highest BCUT2D eigenvalue weighted by molar-refractivity contribution is 5.89. The molecule has 2 aromatic carbocycles. The molecule has 3 aromatic rings. The van der Waals surface area contributed by atoms with E-state index >= 15 is 0 Å². The number of fused-ring (bicyclic) bond motifs is 1. The highest BCUT2D eigenvalue weighted by Gasteiger charge is 2.06. The molecule has 0 unspecified atom stereocenters. The fourth-order valence-corrected chi connectivity index (χ4v) is 2.45. The molecule has 0 amide bonds. The lowest BCUT2D eigenvalue weighted by atomic mass is 10.1. The first kappa shape index (κ1) is 15.0. The third kappa shape index (κ3) is 3.48. The van der Waals surface area contributed by atoms with Crippen LogP contribution in [0.3, 0.4) is 0 Å². The summed E-state index contributed by atoms with van der Waals surface area (Å²) in [7, 11) is 0. The molecule has 0 saturated heterocycles. The number of carbonyl (C=O) groups excluding carboxylic acids is 1. The van der Waals surface area contributed by atoms with Crippen molar-refractivity contribution < 1.29 is 9.53 Å². The zero-order valence-corrected chi connectivity index (χ0v) is 13.0. The Bertz CT molecular complexity index is 808. The maximum Gasteiger partial charge on any atom is 0.338 e. The summed E-state index contributed by atoms with van der Waals surface area (Å²) in [6.45, 7) is 2.80. The minimum Gasteiger partial charge on any atom is -0.462 e. The lowest BCUT2D eigenvalue weighted by Gasteiger charge is -2.09. The predicted molar refractivity (Wildman–Crippen MR) is 91.5 cm³/mol. The normalized spacial score (nSPS) is 10.5. The van der Waals surface area contributed by atoms with Gasteiger partial charge in [-0.2, -0.15) is 0 Å². The maximum absolute atomic E-state index is 11.6. The minimum absolute atomic E-state index is 0.297. The van der Waals surface area contributed by atoms with Gasteiger partial charge in [0, 0.05) is 17.3 Å². The van der Waals surface area contributed by atoms with E-state index in [2.05, 4.69) is 22.4 Å². The summed E-state index contributed by atoms with van der Waals surface area (Å²) in [5, 5.41) is 5.66. The van der Waals surface area contributed by atoms with E-state index in [0.717, 1.165) is 16.8 Å². The van der Waals surface area contributed by atoms with Crippen molar-refractivity contribution in [3.05, 3.63) is 72.1 Å². The quantitative estimate of drug-likeness (QED) is 0.723. The summed E-state index contributed by atoms with van der Waals surface area (Å²) in [5.41, 5.74) is 2.49. The van der Waals surface area contributed by atoms with Crippen LogP contribution in [-0.4, -0.2) is 17.6 Å². The van der Waals surface area contributed by atoms with E-state index < -0.39 is 0 Å². The van der Waals surface area contributed by atoms with Crippen molar-refractivity contribution in [3.8, 4) is 0 Å². The second-order valence-electron chi connectivity index (χ2n) is 5.13. The molecular weight excluding hydrogens is 288 g/mol. The molecule has 1 N–H and O–H groups in total. The molecule has 23 heavy (non-hydrogen) atoms. The standard InChI is InChI=1S/C19H18N2O2/c1-2-23-19(22)15-7-9-16(10-8-15)21-13-18-17-6-4-3-5-14(17)11-12-20-18/h3-12,21H,2,13H2,1H3. The first-order valence-corrected chi connectivity index (χ1v) is 7.61. The number of aromatic nitrogens is 1. The molecule has 0 bridgehead atoms. The van der Waals surface area contributed by atoms with Crippen LogP contribution >= 0.6 is 0 Å². The first-order valence-electron chi connectivity index (χ1n) is 7.61. The van der Waals surface area contributed by atoms with Crippen LogP contribution in [0.2, 0.25) is 0 Å². The Kier molecular flexibility index (Phi) is 4.52. The van der Waals surface area contributed by atoms with Crippen molar-refractivity contribution in [2.24, 2.45) is 0 Å². The van der Waals surface area contributed by atoms with Gasteiger partial charge in [-0.25, -0.2) is 4.79 Å². The molecule has 0 fully saturated rings. The second kappa shape index (κ2) is 6.92. The number of esters is 1. The monoisotopic (exact) mass is 306 g/mol. The van der Waals surface area contributed by atoms with Crippen molar-refractivity contribution in [2.75, 3.05) is 11.9 Å². The van der Waals surface area contributed by atoms with Gasteiger partial charge in [0.1, 0.15) is 0 Å². The number of hydrogen-bond acceptors (Lipinski definition) is 4. The molecule has 0 aliphatic rings. The molecule has 4 nitrogen and oxygen atoms in total. The van der Waals surface area contributed by atoms with Gasteiger partial charge < -0.3 is 10.1 Å². The molecule has 0 aliphatic carbocycles. The topological polar surface area (TPSA) is 51.2 Å². The highest BCUT2D eigenvalue weighted by atomic mass is 16.5. The number of rotatable bonds is 5. The molecule has 116 valence electrons. The Balaban J connectivity index is 1.71. The number of ether oxygens (including phenoxy) is 1. The Morgan fingerprint density at radius 3 is 2.65 bits per heavy atom. The van der Waals surface area contributed by atoms with Crippen LogP contribution in [0, 0.1) is 0 Å². The summed E-state index contributed by atoms with van der Waals surface area (Å²) in [6, 6.07) is 17.5. The van der Waals surface area contributed by atoms with Gasteiger partial charge in [0.15, 0.2) is 0 Å². The molecule has 1 heterocycles. The molecule has 0 radical (unpaired) electrons. The van der Waals surface area contributed by atoms with Crippen molar-refractivity contribution in [1.82, 2.24) is 4.98 Å². The average molecular weight is 306 g/mol. The molecule has 1 aromatic heterocycles. The largest absolute Gasteiger partial charge is 0.462 e. The molecular formula is C19H18N2O2. The fraction of sp³-hybridized carbons (Fsp3) is 0.158. The SMILES string of the molecule is CCOC(=O)c1ccc(NCc2nccc3ccccc23)cc1. The van der Waals surface area contributed by atoms with Crippen molar-refractivity contribution in [1.29, 1.82) is 0 Å². The smallest absolute Gasteiger partial charge is 0.338 e. The van der Waals surface area contributed by atoms with E-state index in [-0.39, 0.29) is 5.97 Å². The van der Waals surface area contributed by atoms with E-state index in [1.165, 1.54) is 5.39 Å². The number of nitrogens with zero attached hydrogens (tertiary/aromatic N) is 1.